The third-order valence-corrected chi connectivity index (χ3v) is 7.52. The number of carbonyl (C=O) groups is 1. The predicted octanol–water partition coefficient (Wildman–Crippen LogP) is 5.05. The second kappa shape index (κ2) is 8.74. The summed E-state index contributed by atoms with van der Waals surface area (Å²) in [4.78, 5) is 11.7. The zero-order valence-corrected chi connectivity index (χ0v) is 17.7. The third kappa shape index (κ3) is 4.91. The van der Waals surface area contributed by atoms with Crippen molar-refractivity contribution in [3.63, 3.8) is 0 Å². The first-order valence-corrected chi connectivity index (χ1v) is 11.1. The highest BCUT2D eigenvalue weighted by Crippen LogP contribution is 2.36. The quantitative estimate of drug-likeness (QED) is 0.665. The maximum atomic E-state index is 13.2. The van der Waals surface area contributed by atoms with Gasteiger partial charge in [-0.1, -0.05) is 35.3 Å². The van der Waals surface area contributed by atoms with Crippen LogP contribution >= 0.6 is 23.2 Å². The molecule has 5 nitrogen and oxygen atoms in total. The summed E-state index contributed by atoms with van der Waals surface area (Å²) in [6.07, 6.45) is -4.43. The Morgan fingerprint density at radius 3 is 2.27 bits per heavy atom. The minimum absolute atomic E-state index is 0.0615. The van der Waals surface area contributed by atoms with E-state index in [1.54, 1.807) is 6.07 Å². The van der Waals surface area contributed by atoms with Crippen LogP contribution in [0.4, 0.5) is 18.9 Å². The molecule has 1 heterocycles. The Morgan fingerprint density at radius 2 is 1.67 bits per heavy atom. The van der Waals surface area contributed by atoms with Gasteiger partial charge in [-0.3, -0.25) is 4.79 Å². The highest BCUT2D eigenvalue weighted by atomic mass is 35.5. The molecule has 11 heteroatoms. The molecule has 1 saturated heterocycles. The molecule has 1 aliphatic rings. The lowest BCUT2D eigenvalue weighted by molar-refractivity contribution is -0.139. The van der Waals surface area contributed by atoms with E-state index in [9.17, 15) is 26.4 Å². The molecule has 2 aromatic carbocycles. The number of anilines is 1. The minimum Gasteiger partial charge on any atom is -0.326 e. The SMILES string of the molecule is O=C(Nc1ccc(Cl)c(Cl)c1)C1CCN(S(=O)(=O)c2ccccc2C(F)(F)F)CC1. The minimum atomic E-state index is -4.79. The van der Waals surface area contributed by atoms with Gasteiger partial charge in [0.2, 0.25) is 15.9 Å². The summed E-state index contributed by atoms with van der Waals surface area (Å²) in [5.41, 5.74) is -0.756. The number of carbonyl (C=O) groups excluding carboxylic acids is 1. The van der Waals surface area contributed by atoms with Gasteiger partial charge in [0.15, 0.2) is 0 Å². The van der Waals surface area contributed by atoms with Gasteiger partial charge in [0.25, 0.3) is 0 Å². The van der Waals surface area contributed by atoms with Crippen LogP contribution in [0.15, 0.2) is 47.4 Å². The monoisotopic (exact) mass is 480 g/mol. The number of benzene rings is 2. The van der Waals surface area contributed by atoms with Gasteiger partial charge in [-0.15, -0.1) is 0 Å². The Bertz CT molecular complexity index is 1050. The molecular weight excluding hydrogens is 464 g/mol. The Morgan fingerprint density at radius 1 is 1.03 bits per heavy atom. The number of rotatable bonds is 4. The second-order valence-corrected chi connectivity index (χ2v) is 9.51. The molecule has 0 saturated carbocycles. The number of hydrogen-bond donors (Lipinski definition) is 1. The molecule has 1 fully saturated rings. The number of amides is 1. The molecule has 1 amide bonds. The number of nitrogens with zero attached hydrogens (tertiary/aromatic N) is 1. The van der Waals surface area contributed by atoms with E-state index in [4.69, 9.17) is 23.2 Å². The molecule has 3 rings (SSSR count). The van der Waals surface area contributed by atoms with E-state index in [2.05, 4.69) is 5.32 Å². The van der Waals surface area contributed by atoms with Crippen LogP contribution in [0, 0.1) is 5.92 Å². The van der Waals surface area contributed by atoms with Gasteiger partial charge in [-0.05, 0) is 43.2 Å². The zero-order valence-electron chi connectivity index (χ0n) is 15.4. The smallest absolute Gasteiger partial charge is 0.326 e. The summed E-state index contributed by atoms with van der Waals surface area (Å²) >= 11 is 11.8. The predicted molar refractivity (Wildman–Crippen MR) is 108 cm³/mol. The highest BCUT2D eigenvalue weighted by Gasteiger charge is 2.40. The fraction of sp³-hybridized carbons (Fsp3) is 0.316. The van der Waals surface area contributed by atoms with Gasteiger partial charge in [0.05, 0.1) is 20.5 Å². The molecule has 162 valence electrons. The molecule has 0 bridgehead atoms. The second-order valence-electron chi connectivity index (χ2n) is 6.79. The van der Waals surface area contributed by atoms with Gasteiger partial charge in [0, 0.05) is 24.7 Å². The van der Waals surface area contributed by atoms with Crippen molar-refractivity contribution >= 4 is 44.8 Å². The average Bonchev–Trinajstić information content (AvgIpc) is 2.70. The number of sulfonamides is 1. The molecule has 0 radical (unpaired) electrons. The van der Waals surface area contributed by atoms with E-state index in [1.165, 1.54) is 18.2 Å². The van der Waals surface area contributed by atoms with Crippen molar-refractivity contribution in [2.24, 2.45) is 5.92 Å². The van der Waals surface area contributed by atoms with E-state index in [-0.39, 0.29) is 36.9 Å². The third-order valence-electron chi connectivity index (χ3n) is 4.82. The Labute approximate surface area is 181 Å². The van der Waals surface area contributed by atoms with Crippen molar-refractivity contribution in [3.05, 3.63) is 58.1 Å². The normalized spacial score (nSPS) is 16.4. The number of piperidine rings is 1. The van der Waals surface area contributed by atoms with E-state index >= 15 is 0 Å². The van der Waals surface area contributed by atoms with Crippen LogP contribution in [-0.2, 0) is 21.0 Å². The molecule has 0 spiro atoms. The van der Waals surface area contributed by atoms with Crippen molar-refractivity contribution in [2.75, 3.05) is 18.4 Å². The lowest BCUT2D eigenvalue weighted by Gasteiger charge is -2.31. The summed E-state index contributed by atoms with van der Waals surface area (Å²) < 4.78 is 66.2. The molecule has 1 N–H and O–H groups in total. The van der Waals surface area contributed by atoms with Crippen molar-refractivity contribution in [3.8, 4) is 0 Å². The number of hydrogen-bond acceptors (Lipinski definition) is 3. The van der Waals surface area contributed by atoms with Gasteiger partial charge in [-0.25, -0.2) is 8.42 Å². The number of halogens is 5. The van der Waals surface area contributed by atoms with Crippen molar-refractivity contribution < 1.29 is 26.4 Å². The largest absolute Gasteiger partial charge is 0.417 e. The first-order chi connectivity index (χ1) is 14.0. The number of alkyl halides is 3. The lowest BCUT2D eigenvalue weighted by Crippen LogP contribution is -2.41. The van der Waals surface area contributed by atoms with Crippen LogP contribution in [-0.4, -0.2) is 31.7 Å². The fourth-order valence-electron chi connectivity index (χ4n) is 3.24. The molecule has 30 heavy (non-hydrogen) atoms. The first-order valence-electron chi connectivity index (χ1n) is 8.92. The Balaban J connectivity index is 1.69. The summed E-state index contributed by atoms with van der Waals surface area (Å²) in [5, 5.41) is 3.31. The maximum absolute atomic E-state index is 13.2. The van der Waals surface area contributed by atoms with Crippen molar-refractivity contribution in [2.45, 2.75) is 23.9 Å². The zero-order chi connectivity index (χ0) is 22.1. The van der Waals surface area contributed by atoms with E-state index in [0.29, 0.717) is 10.7 Å². The van der Waals surface area contributed by atoms with Crippen LogP contribution in [0.1, 0.15) is 18.4 Å². The molecule has 0 unspecified atom stereocenters. The lowest BCUT2D eigenvalue weighted by atomic mass is 9.97. The van der Waals surface area contributed by atoms with Crippen LogP contribution < -0.4 is 5.32 Å². The summed E-state index contributed by atoms with van der Waals surface area (Å²) in [6.45, 7) is -0.123. The average molecular weight is 481 g/mol. The molecule has 0 aliphatic carbocycles. The van der Waals surface area contributed by atoms with Crippen LogP contribution in [0.25, 0.3) is 0 Å². The highest BCUT2D eigenvalue weighted by molar-refractivity contribution is 7.89. The van der Waals surface area contributed by atoms with Crippen molar-refractivity contribution in [1.29, 1.82) is 0 Å². The first kappa shape index (κ1) is 22.9. The molecular formula is C19H17Cl2F3N2O3S. The van der Waals surface area contributed by atoms with Crippen LogP contribution in [0.2, 0.25) is 10.0 Å². The van der Waals surface area contributed by atoms with Gasteiger partial charge < -0.3 is 5.32 Å². The maximum Gasteiger partial charge on any atom is 0.417 e. The van der Waals surface area contributed by atoms with E-state index < -0.39 is 32.6 Å². The standard InChI is InChI=1S/C19H17Cl2F3N2O3S/c20-15-6-5-13(11-16(15)21)25-18(27)12-7-9-26(10-8-12)30(28,29)17-4-2-1-3-14(17)19(22,23)24/h1-6,11-12H,7-10H2,(H,25,27). The van der Waals surface area contributed by atoms with E-state index in [1.807, 2.05) is 0 Å². The number of nitrogens with one attached hydrogen (secondary N) is 1. The van der Waals surface area contributed by atoms with Crippen LogP contribution in [0.3, 0.4) is 0 Å². The van der Waals surface area contributed by atoms with Gasteiger partial charge >= 0.3 is 6.18 Å². The molecule has 1 aliphatic heterocycles. The Hall–Kier alpha value is -1.81. The summed E-state index contributed by atoms with van der Waals surface area (Å²) in [5.74, 6) is -0.801. The Kier molecular flexibility index (Phi) is 6.66. The summed E-state index contributed by atoms with van der Waals surface area (Å²) in [6, 6.07) is 8.69. The van der Waals surface area contributed by atoms with Crippen molar-refractivity contribution in [1.82, 2.24) is 4.31 Å². The van der Waals surface area contributed by atoms with Crippen LogP contribution in [0.5, 0.6) is 0 Å². The van der Waals surface area contributed by atoms with E-state index in [0.717, 1.165) is 22.5 Å². The summed E-state index contributed by atoms with van der Waals surface area (Å²) in [7, 11) is -4.34. The molecule has 0 aromatic heterocycles. The van der Waals surface area contributed by atoms with Gasteiger partial charge in [0.1, 0.15) is 0 Å². The molecule has 0 atom stereocenters. The molecule has 2 aromatic rings. The fourth-order valence-corrected chi connectivity index (χ4v) is 5.22. The van der Waals surface area contributed by atoms with Gasteiger partial charge in [-0.2, -0.15) is 17.5 Å². The topological polar surface area (TPSA) is 66.5 Å².